The summed E-state index contributed by atoms with van der Waals surface area (Å²) in [5.74, 6) is 3.65. The molecule has 5 nitrogen and oxygen atoms in total. The van der Waals surface area contributed by atoms with E-state index in [2.05, 4.69) is 46.0 Å². The average molecular weight is 495 g/mol. The molecule has 1 fully saturated rings. The topological polar surface area (TPSA) is 54.9 Å². The number of guanidine groups is 1. The molecule has 0 saturated heterocycles. The fourth-order valence-corrected chi connectivity index (χ4v) is 3.25. The first-order chi connectivity index (χ1) is 13.2. The zero-order valence-corrected chi connectivity index (χ0v) is 19.1. The molecule has 1 saturated carbocycles. The van der Waals surface area contributed by atoms with E-state index in [0.717, 1.165) is 24.0 Å². The van der Waals surface area contributed by atoms with E-state index in [1.165, 1.54) is 12.0 Å². The largest absolute Gasteiger partial charge is 0.493 e. The van der Waals surface area contributed by atoms with Gasteiger partial charge in [0.15, 0.2) is 17.5 Å². The van der Waals surface area contributed by atoms with Gasteiger partial charge in [0.1, 0.15) is 6.10 Å². The number of nitrogens with zero attached hydrogens (tertiary/aromatic N) is 1. The maximum atomic E-state index is 5.97. The number of rotatable bonds is 8. The summed E-state index contributed by atoms with van der Waals surface area (Å²) in [6.45, 7) is 3.62. The van der Waals surface area contributed by atoms with Crippen LogP contribution in [-0.4, -0.2) is 39.3 Å². The highest BCUT2D eigenvalue weighted by molar-refractivity contribution is 14.0. The van der Waals surface area contributed by atoms with Gasteiger partial charge in [-0.05, 0) is 42.9 Å². The van der Waals surface area contributed by atoms with Crippen molar-refractivity contribution in [3.63, 3.8) is 0 Å². The number of aliphatic imine (C=N–C) groups is 1. The van der Waals surface area contributed by atoms with Crippen molar-refractivity contribution in [1.29, 1.82) is 0 Å². The second kappa shape index (κ2) is 11.1. The number of methoxy groups -OCH3 is 1. The Hall–Kier alpha value is -1.96. The molecule has 2 N–H and O–H groups in total. The molecule has 28 heavy (non-hydrogen) atoms. The second-order valence-corrected chi connectivity index (χ2v) is 6.93. The van der Waals surface area contributed by atoms with Crippen LogP contribution in [0.15, 0.2) is 59.6 Å². The van der Waals surface area contributed by atoms with Gasteiger partial charge in [0.2, 0.25) is 0 Å². The van der Waals surface area contributed by atoms with Gasteiger partial charge >= 0.3 is 0 Å². The Labute approximate surface area is 184 Å². The minimum atomic E-state index is -0.0159. The fraction of sp³-hybridized carbons (Fsp3) is 0.409. The molecule has 3 atom stereocenters. The first-order valence-electron chi connectivity index (χ1n) is 9.50. The maximum absolute atomic E-state index is 5.97. The lowest BCUT2D eigenvalue weighted by atomic mass is 10.1. The fourth-order valence-electron chi connectivity index (χ4n) is 3.25. The molecule has 0 aromatic heterocycles. The van der Waals surface area contributed by atoms with Crippen LogP contribution in [0.4, 0.5) is 0 Å². The van der Waals surface area contributed by atoms with Gasteiger partial charge in [-0.3, -0.25) is 4.99 Å². The standard InChI is InChI=1S/C22H29N3O2.HI/c1-16(27-21-12-8-7-11-20(21)26-3)14-24-22(23-2)25-15-18-13-19(18)17-9-5-4-6-10-17;/h4-12,16,18-19H,13-15H2,1-3H3,(H2,23,24,25);1H. The molecule has 1 aliphatic rings. The Kier molecular flexibility index (Phi) is 8.89. The van der Waals surface area contributed by atoms with Crippen LogP contribution in [0.25, 0.3) is 0 Å². The van der Waals surface area contributed by atoms with Crippen molar-refractivity contribution in [1.82, 2.24) is 10.6 Å². The van der Waals surface area contributed by atoms with Gasteiger partial charge < -0.3 is 20.1 Å². The lowest BCUT2D eigenvalue weighted by Crippen LogP contribution is -2.42. The van der Waals surface area contributed by atoms with E-state index >= 15 is 0 Å². The van der Waals surface area contributed by atoms with Crippen molar-refractivity contribution in [2.75, 3.05) is 27.2 Å². The van der Waals surface area contributed by atoms with Gasteiger partial charge in [0.05, 0.1) is 13.7 Å². The highest BCUT2D eigenvalue weighted by atomic mass is 127. The molecule has 0 spiro atoms. The molecule has 0 aliphatic heterocycles. The van der Waals surface area contributed by atoms with Crippen LogP contribution in [0.3, 0.4) is 0 Å². The minimum Gasteiger partial charge on any atom is -0.493 e. The predicted molar refractivity (Wildman–Crippen MR) is 125 cm³/mol. The Bertz CT molecular complexity index is 754. The third kappa shape index (κ3) is 6.29. The summed E-state index contributed by atoms with van der Waals surface area (Å²) in [5.41, 5.74) is 1.44. The SMILES string of the molecule is CN=C(NCC(C)Oc1ccccc1OC)NCC1CC1c1ccccc1.I. The molecular formula is C22H30IN3O2. The van der Waals surface area contributed by atoms with Gasteiger partial charge in [0.25, 0.3) is 0 Å². The third-order valence-electron chi connectivity index (χ3n) is 4.86. The van der Waals surface area contributed by atoms with Crippen molar-refractivity contribution >= 4 is 29.9 Å². The summed E-state index contributed by atoms with van der Waals surface area (Å²) in [4.78, 5) is 4.31. The maximum Gasteiger partial charge on any atom is 0.191 e. The van der Waals surface area contributed by atoms with Gasteiger partial charge in [-0.25, -0.2) is 0 Å². The number of halogens is 1. The van der Waals surface area contributed by atoms with Crippen LogP contribution in [0.5, 0.6) is 11.5 Å². The monoisotopic (exact) mass is 495 g/mol. The van der Waals surface area contributed by atoms with Crippen LogP contribution >= 0.6 is 24.0 Å². The molecule has 3 rings (SSSR count). The molecule has 6 heteroatoms. The van der Waals surface area contributed by atoms with Crippen molar-refractivity contribution in [2.45, 2.75) is 25.4 Å². The molecule has 152 valence electrons. The van der Waals surface area contributed by atoms with E-state index in [1.807, 2.05) is 31.2 Å². The molecule has 0 radical (unpaired) electrons. The quantitative estimate of drug-likeness (QED) is 0.330. The normalized spacial score (nSPS) is 19.2. The summed E-state index contributed by atoms with van der Waals surface area (Å²) in [6, 6.07) is 18.4. The first-order valence-corrected chi connectivity index (χ1v) is 9.50. The van der Waals surface area contributed by atoms with Crippen LogP contribution in [0.2, 0.25) is 0 Å². The van der Waals surface area contributed by atoms with Gasteiger partial charge in [-0.15, -0.1) is 24.0 Å². The Morgan fingerprint density at radius 1 is 1.07 bits per heavy atom. The summed E-state index contributed by atoms with van der Waals surface area (Å²) in [7, 11) is 3.44. The number of para-hydroxylation sites is 2. The number of hydrogen-bond donors (Lipinski definition) is 2. The number of hydrogen-bond acceptors (Lipinski definition) is 3. The lowest BCUT2D eigenvalue weighted by molar-refractivity contribution is 0.213. The Morgan fingerprint density at radius 2 is 1.75 bits per heavy atom. The summed E-state index contributed by atoms with van der Waals surface area (Å²) >= 11 is 0. The Balaban J connectivity index is 0.00000280. The van der Waals surface area contributed by atoms with E-state index in [4.69, 9.17) is 9.47 Å². The van der Waals surface area contributed by atoms with Gasteiger partial charge in [-0.2, -0.15) is 0 Å². The summed E-state index contributed by atoms with van der Waals surface area (Å²) in [6.07, 6.45) is 1.22. The minimum absolute atomic E-state index is 0. The first kappa shape index (κ1) is 22.3. The molecule has 0 heterocycles. The lowest BCUT2D eigenvalue weighted by Gasteiger charge is -2.19. The zero-order valence-electron chi connectivity index (χ0n) is 16.7. The van der Waals surface area contributed by atoms with Crippen molar-refractivity contribution in [2.24, 2.45) is 10.9 Å². The van der Waals surface area contributed by atoms with Crippen molar-refractivity contribution in [3.8, 4) is 11.5 Å². The highest BCUT2D eigenvalue weighted by Crippen LogP contribution is 2.46. The smallest absolute Gasteiger partial charge is 0.191 e. The number of benzene rings is 2. The van der Waals surface area contributed by atoms with Crippen molar-refractivity contribution < 1.29 is 9.47 Å². The zero-order chi connectivity index (χ0) is 19.1. The molecule has 2 aromatic carbocycles. The Morgan fingerprint density at radius 3 is 2.43 bits per heavy atom. The van der Waals surface area contributed by atoms with E-state index in [-0.39, 0.29) is 30.1 Å². The second-order valence-electron chi connectivity index (χ2n) is 6.93. The van der Waals surface area contributed by atoms with Crippen LogP contribution in [-0.2, 0) is 0 Å². The van der Waals surface area contributed by atoms with Crippen LogP contribution in [0.1, 0.15) is 24.8 Å². The molecule has 0 bridgehead atoms. The van der Waals surface area contributed by atoms with Gasteiger partial charge in [0, 0.05) is 13.6 Å². The summed E-state index contributed by atoms with van der Waals surface area (Å²) < 4.78 is 11.3. The van der Waals surface area contributed by atoms with E-state index < -0.39 is 0 Å². The highest BCUT2D eigenvalue weighted by Gasteiger charge is 2.37. The molecule has 2 aromatic rings. The van der Waals surface area contributed by atoms with E-state index in [9.17, 15) is 0 Å². The molecule has 3 unspecified atom stereocenters. The molecular weight excluding hydrogens is 465 g/mol. The average Bonchev–Trinajstić information content (AvgIpc) is 3.49. The van der Waals surface area contributed by atoms with Gasteiger partial charge in [-0.1, -0.05) is 42.5 Å². The molecule has 0 amide bonds. The van der Waals surface area contributed by atoms with E-state index in [0.29, 0.717) is 18.4 Å². The van der Waals surface area contributed by atoms with Crippen molar-refractivity contribution in [3.05, 3.63) is 60.2 Å². The number of nitrogens with one attached hydrogen (secondary N) is 2. The van der Waals surface area contributed by atoms with Crippen LogP contribution in [0, 0.1) is 5.92 Å². The predicted octanol–water partition coefficient (Wildman–Crippen LogP) is 4.05. The number of ether oxygens (including phenoxy) is 2. The van der Waals surface area contributed by atoms with E-state index in [1.54, 1.807) is 14.2 Å². The summed E-state index contributed by atoms with van der Waals surface area (Å²) in [5, 5.41) is 6.77. The molecule has 1 aliphatic carbocycles. The third-order valence-corrected chi connectivity index (χ3v) is 4.86. The van der Waals surface area contributed by atoms with Crippen LogP contribution < -0.4 is 20.1 Å².